The monoisotopic (exact) mass is 291 g/mol. The van der Waals surface area contributed by atoms with Crippen LogP contribution in [0.3, 0.4) is 0 Å². The van der Waals surface area contributed by atoms with Crippen LogP contribution in [0, 0.1) is 5.92 Å². The van der Waals surface area contributed by atoms with Gasteiger partial charge in [0.05, 0.1) is 7.11 Å². The van der Waals surface area contributed by atoms with Crippen molar-refractivity contribution in [3.8, 4) is 5.88 Å². The van der Waals surface area contributed by atoms with Gasteiger partial charge in [-0.15, -0.1) is 0 Å². The highest BCUT2D eigenvalue weighted by Crippen LogP contribution is 2.28. The Morgan fingerprint density at radius 3 is 2.81 bits per heavy atom. The third-order valence-electron chi connectivity index (χ3n) is 4.39. The normalized spacial score (nSPS) is 17.6. The average Bonchev–Trinajstić information content (AvgIpc) is 2.54. The predicted octanol–water partition coefficient (Wildman–Crippen LogP) is 3.37. The van der Waals surface area contributed by atoms with Crippen molar-refractivity contribution in [2.24, 2.45) is 5.92 Å². The summed E-state index contributed by atoms with van der Waals surface area (Å²) in [6, 6.07) is 2.48. The number of hydrogen-bond donors (Lipinski definition) is 1. The topological polar surface area (TPSA) is 47.0 Å². The third kappa shape index (κ3) is 5.62. The lowest BCUT2D eigenvalue weighted by Gasteiger charge is -2.27. The van der Waals surface area contributed by atoms with Crippen molar-refractivity contribution < 1.29 is 4.74 Å². The van der Waals surface area contributed by atoms with Crippen LogP contribution in [0.2, 0.25) is 0 Å². The third-order valence-corrected chi connectivity index (χ3v) is 4.39. The molecule has 1 saturated carbocycles. The fourth-order valence-electron chi connectivity index (χ4n) is 3.27. The lowest BCUT2D eigenvalue weighted by atomic mass is 9.84. The zero-order valence-corrected chi connectivity index (χ0v) is 13.5. The van der Waals surface area contributed by atoms with Gasteiger partial charge in [0.1, 0.15) is 6.33 Å². The molecule has 1 aliphatic rings. The largest absolute Gasteiger partial charge is 0.481 e. The molecule has 4 nitrogen and oxygen atoms in total. The molecule has 1 unspecified atom stereocenters. The fraction of sp³-hybridized carbons (Fsp3) is 0.765. The Bertz CT molecular complexity index is 405. The first kappa shape index (κ1) is 16.2. The molecule has 0 spiro atoms. The van der Waals surface area contributed by atoms with Gasteiger partial charge in [0.25, 0.3) is 0 Å². The van der Waals surface area contributed by atoms with Crippen molar-refractivity contribution in [2.75, 3.05) is 13.7 Å². The summed E-state index contributed by atoms with van der Waals surface area (Å²) < 4.78 is 5.20. The second kappa shape index (κ2) is 8.98. The van der Waals surface area contributed by atoms with Crippen molar-refractivity contribution >= 4 is 0 Å². The summed E-state index contributed by atoms with van der Waals surface area (Å²) >= 11 is 0. The van der Waals surface area contributed by atoms with Crippen LogP contribution in [0.25, 0.3) is 0 Å². The molecule has 1 aromatic heterocycles. The molecule has 1 fully saturated rings. The highest BCUT2D eigenvalue weighted by atomic mass is 16.5. The van der Waals surface area contributed by atoms with Crippen LogP contribution >= 0.6 is 0 Å². The standard InChI is InChI=1S/C17H29N3O/c1-3-9-18-15(10-14-7-5-4-6-8-14)11-16-12-17(21-2)20-13-19-16/h12-15,18H,3-11H2,1-2H3. The quantitative estimate of drug-likeness (QED) is 0.798. The van der Waals surface area contributed by atoms with Gasteiger partial charge in [-0.3, -0.25) is 0 Å². The summed E-state index contributed by atoms with van der Waals surface area (Å²) in [4.78, 5) is 8.49. The molecule has 0 aromatic carbocycles. The molecule has 2 rings (SSSR count). The van der Waals surface area contributed by atoms with E-state index in [4.69, 9.17) is 4.74 Å². The molecule has 4 heteroatoms. The maximum Gasteiger partial charge on any atom is 0.216 e. The van der Waals surface area contributed by atoms with Crippen molar-refractivity contribution in [3.63, 3.8) is 0 Å². The first-order valence-corrected chi connectivity index (χ1v) is 8.40. The molecule has 0 radical (unpaired) electrons. The van der Waals surface area contributed by atoms with E-state index in [2.05, 4.69) is 22.2 Å². The number of nitrogens with zero attached hydrogens (tertiary/aromatic N) is 2. The molecule has 118 valence electrons. The highest BCUT2D eigenvalue weighted by molar-refractivity contribution is 5.14. The van der Waals surface area contributed by atoms with Crippen LogP contribution in [0.15, 0.2) is 12.4 Å². The van der Waals surface area contributed by atoms with Crippen LogP contribution in [-0.2, 0) is 6.42 Å². The molecule has 21 heavy (non-hydrogen) atoms. The molecule has 0 aliphatic heterocycles. The van der Waals surface area contributed by atoms with Gasteiger partial charge in [0, 0.05) is 24.2 Å². The summed E-state index contributed by atoms with van der Waals surface area (Å²) in [5.74, 6) is 1.55. The lowest BCUT2D eigenvalue weighted by Crippen LogP contribution is -2.34. The molecule has 0 saturated heterocycles. The summed E-state index contributed by atoms with van der Waals surface area (Å²) in [7, 11) is 1.65. The number of ether oxygens (including phenoxy) is 1. The van der Waals surface area contributed by atoms with Crippen LogP contribution < -0.4 is 10.1 Å². The van der Waals surface area contributed by atoms with Crippen LogP contribution in [-0.4, -0.2) is 29.7 Å². The van der Waals surface area contributed by atoms with E-state index in [1.54, 1.807) is 13.4 Å². The Hall–Kier alpha value is -1.16. The minimum atomic E-state index is 0.521. The average molecular weight is 291 g/mol. The molecule has 1 aliphatic carbocycles. The molecular weight excluding hydrogens is 262 g/mol. The number of methoxy groups -OCH3 is 1. The van der Waals surface area contributed by atoms with Gasteiger partial charge in [-0.05, 0) is 25.3 Å². The minimum absolute atomic E-state index is 0.521. The highest BCUT2D eigenvalue weighted by Gasteiger charge is 2.19. The van der Waals surface area contributed by atoms with E-state index in [0.717, 1.165) is 24.6 Å². The number of hydrogen-bond acceptors (Lipinski definition) is 4. The van der Waals surface area contributed by atoms with E-state index in [0.29, 0.717) is 11.9 Å². The molecule has 1 heterocycles. The summed E-state index contributed by atoms with van der Waals surface area (Å²) in [5, 5.41) is 3.70. The molecule has 0 bridgehead atoms. The molecule has 1 N–H and O–H groups in total. The number of nitrogens with one attached hydrogen (secondary N) is 1. The van der Waals surface area contributed by atoms with Gasteiger partial charge in [-0.2, -0.15) is 0 Å². The van der Waals surface area contributed by atoms with Gasteiger partial charge in [-0.1, -0.05) is 39.0 Å². The van der Waals surface area contributed by atoms with E-state index in [-0.39, 0.29) is 0 Å². The van der Waals surface area contributed by atoms with E-state index in [1.807, 2.05) is 6.07 Å². The van der Waals surface area contributed by atoms with Crippen LogP contribution in [0.1, 0.15) is 57.6 Å². The maximum absolute atomic E-state index is 5.20. The summed E-state index contributed by atoms with van der Waals surface area (Å²) in [6.45, 7) is 3.30. The predicted molar refractivity (Wildman–Crippen MR) is 85.6 cm³/mol. The number of aromatic nitrogens is 2. The molecule has 1 aromatic rings. The van der Waals surface area contributed by atoms with Crippen molar-refractivity contribution in [1.82, 2.24) is 15.3 Å². The first-order valence-electron chi connectivity index (χ1n) is 8.40. The Labute approximate surface area is 128 Å². The zero-order valence-electron chi connectivity index (χ0n) is 13.5. The summed E-state index contributed by atoms with van der Waals surface area (Å²) in [6.07, 6.45) is 12.1. The Kier molecular flexibility index (Phi) is 6.93. The van der Waals surface area contributed by atoms with E-state index in [1.165, 1.54) is 44.9 Å². The van der Waals surface area contributed by atoms with E-state index in [9.17, 15) is 0 Å². The minimum Gasteiger partial charge on any atom is -0.481 e. The number of rotatable bonds is 8. The van der Waals surface area contributed by atoms with Gasteiger partial charge in [0.2, 0.25) is 5.88 Å². The first-order chi connectivity index (χ1) is 10.3. The Morgan fingerprint density at radius 2 is 2.10 bits per heavy atom. The van der Waals surface area contributed by atoms with Gasteiger partial charge in [0.15, 0.2) is 0 Å². The second-order valence-electron chi connectivity index (χ2n) is 6.15. The maximum atomic E-state index is 5.20. The SMILES string of the molecule is CCCNC(Cc1cc(OC)ncn1)CC1CCCCC1. The van der Waals surface area contributed by atoms with Crippen LogP contribution in [0.4, 0.5) is 0 Å². The zero-order chi connectivity index (χ0) is 14.9. The van der Waals surface area contributed by atoms with Crippen LogP contribution in [0.5, 0.6) is 5.88 Å². The van der Waals surface area contributed by atoms with E-state index < -0.39 is 0 Å². The van der Waals surface area contributed by atoms with Gasteiger partial charge < -0.3 is 10.1 Å². The van der Waals surface area contributed by atoms with Crippen molar-refractivity contribution in [3.05, 3.63) is 18.1 Å². The molecule has 0 amide bonds. The van der Waals surface area contributed by atoms with E-state index >= 15 is 0 Å². The van der Waals surface area contributed by atoms with Gasteiger partial charge >= 0.3 is 0 Å². The fourth-order valence-corrected chi connectivity index (χ4v) is 3.27. The summed E-state index contributed by atoms with van der Waals surface area (Å²) in [5.41, 5.74) is 1.08. The lowest BCUT2D eigenvalue weighted by molar-refractivity contribution is 0.295. The van der Waals surface area contributed by atoms with Gasteiger partial charge in [-0.25, -0.2) is 9.97 Å². The second-order valence-corrected chi connectivity index (χ2v) is 6.15. The Morgan fingerprint density at radius 1 is 1.29 bits per heavy atom. The van der Waals surface area contributed by atoms with Crippen molar-refractivity contribution in [2.45, 2.75) is 64.3 Å². The molecule has 1 atom stereocenters. The molecular formula is C17H29N3O. The Balaban J connectivity index is 1.93. The van der Waals surface area contributed by atoms with Crippen molar-refractivity contribution in [1.29, 1.82) is 0 Å². The smallest absolute Gasteiger partial charge is 0.216 e.